The van der Waals surface area contributed by atoms with Crippen molar-refractivity contribution in [3.63, 3.8) is 0 Å². The van der Waals surface area contributed by atoms with Gasteiger partial charge < -0.3 is 21.3 Å². The van der Waals surface area contributed by atoms with Crippen LogP contribution in [0.4, 0.5) is 0 Å². The molecule has 8 heteroatoms. The van der Waals surface area contributed by atoms with Crippen molar-refractivity contribution in [2.24, 2.45) is 11.7 Å². The monoisotopic (exact) mass is 516 g/mol. The molecule has 7 nitrogen and oxygen atoms in total. The number of hydrogen-bond acceptors (Lipinski definition) is 4. The van der Waals surface area contributed by atoms with Gasteiger partial charge in [-0.2, -0.15) is 0 Å². The summed E-state index contributed by atoms with van der Waals surface area (Å²) in [5, 5.41) is 8.16. The average Bonchev–Trinajstić information content (AvgIpc) is 3.37. The van der Waals surface area contributed by atoms with Crippen LogP contribution in [-0.2, 0) is 20.8 Å². The molecule has 2 aromatic carbocycles. The van der Waals surface area contributed by atoms with Gasteiger partial charge in [-0.05, 0) is 61.4 Å². The number of carbonyl (C=O) groups is 3. The second kappa shape index (κ2) is 14.8. The van der Waals surface area contributed by atoms with Crippen molar-refractivity contribution in [3.8, 4) is 0 Å². The third-order valence-electron chi connectivity index (χ3n) is 6.99. The first-order valence-electron chi connectivity index (χ1n) is 13.0. The van der Waals surface area contributed by atoms with Crippen LogP contribution in [0.5, 0.6) is 0 Å². The molecule has 3 amide bonds. The van der Waals surface area contributed by atoms with Gasteiger partial charge in [-0.25, -0.2) is 0 Å². The van der Waals surface area contributed by atoms with Crippen LogP contribution in [0.1, 0.15) is 57.9 Å². The van der Waals surface area contributed by atoms with Crippen LogP contribution in [-0.4, -0.2) is 54.3 Å². The number of fused-ring (bicyclic) bond motifs is 1. The Hall–Kier alpha value is -2.64. The highest BCUT2D eigenvalue weighted by molar-refractivity contribution is 5.93. The van der Waals surface area contributed by atoms with Crippen molar-refractivity contribution < 1.29 is 14.4 Å². The molecule has 3 rings (SSSR count). The molecule has 0 aromatic heterocycles. The zero-order valence-electron chi connectivity index (χ0n) is 21.5. The number of nitrogens with two attached hydrogens (primary N) is 1. The first kappa shape index (κ1) is 29.6. The second-order valence-corrected chi connectivity index (χ2v) is 9.44. The molecule has 0 aliphatic carbocycles. The van der Waals surface area contributed by atoms with E-state index in [0.717, 1.165) is 48.4 Å². The standard InChI is InChI=1S/C28H40N4O3.ClH/c1-3-21(4-2)28(35)32-17-9-12-25(32)27(34)31-24(26(33)30-16-8-7-15-29)19-20-13-14-22-10-5-6-11-23(22)18-20;/h5-6,10-11,13-14,18,21,24-25H,3-4,7-9,12,15-17,19,29H2,1-2H3,(H,30,33)(H,31,34);1H/t24-,25?;/m1./s1. The van der Waals surface area contributed by atoms with Crippen molar-refractivity contribution in [2.45, 2.75) is 70.9 Å². The fourth-order valence-corrected chi connectivity index (χ4v) is 4.86. The zero-order valence-corrected chi connectivity index (χ0v) is 22.3. The molecule has 198 valence electrons. The number of nitrogens with zero attached hydrogens (tertiary/aromatic N) is 1. The van der Waals surface area contributed by atoms with Crippen LogP contribution in [0.2, 0.25) is 0 Å². The normalized spacial score (nSPS) is 16.0. The van der Waals surface area contributed by atoms with Gasteiger partial charge in [0.1, 0.15) is 12.1 Å². The Bertz CT molecular complexity index is 1010. The van der Waals surface area contributed by atoms with Gasteiger partial charge in [0.25, 0.3) is 0 Å². The molecular weight excluding hydrogens is 476 g/mol. The van der Waals surface area contributed by atoms with Gasteiger partial charge >= 0.3 is 0 Å². The van der Waals surface area contributed by atoms with Crippen molar-refractivity contribution >= 4 is 40.9 Å². The predicted molar refractivity (Wildman–Crippen MR) is 147 cm³/mol. The second-order valence-electron chi connectivity index (χ2n) is 9.44. The van der Waals surface area contributed by atoms with Gasteiger partial charge in [-0.1, -0.05) is 56.3 Å². The van der Waals surface area contributed by atoms with Crippen LogP contribution in [0.15, 0.2) is 42.5 Å². The SMILES string of the molecule is CCC(CC)C(=O)N1CCCC1C(=O)N[C@H](Cc1ccc2ccccc2c1)C(=O)NCCCCN.Cl. The lowest BCUT2D eigenvalue weighted by molar-refractivity contribution is -0.142. The van der Waals surface area contributed by atoms with Crippen LogP contribution in [0.25, 0.3) is 10.8 Å². The van der Waals surface area contributed by atoms with Gasteiger partial charge in [-0.15, -0.1) is 12.4 Å². The molecule has 2 aromatic rings. The minimum Gasteiger partial charge on any atom is -0.354 e. The van der Waals surface area contributed by atoms with Gasteiger partial charge in [0.05, 0.1) is 0 Å². The van der Waals surface area contributed by atoms with E-state index in [9.17, 15) is 14.4 Å². The van der Waals surface area contributed by atoms with Crippen LogP contribution in [0.3, 0.4) is 0 Å². The zero-order chi connectivity index (χ0) is 25.2. The van der Waals surface area contributed by atoms with Crippen LogP contribution < -0.4 is 16.4 Å². The lowest BCUT2D eigenvalue weighted by Gasteiger charge is -2.29. The highest BCUT2D eigenvalue weighted by atomic mass is 35.5. The number of likely N-dealkylation sites (tertiary alicyclic amines) is 1. The molecule has 1 aliphatic rings. The topological polar surface area (TPSA) is 105 Å². The van der Waals surface area contributed by atoms with Crippen LogP contribution >= 0.6 is 12.4 Å². The molecule has 0 spiro atoms. The largest absolute Gasteiger partial charge is 0.354 e. The highest BCUT2D eigenvalue weighted by Gasteiger charge is 2.37. The number of amides is 3. The maximum absolute atomic E-state index is 13.4. The van der Waals surface area contributed by atoms with Crippen molar-refractivity contribution in [1.82, 2.24) is 15.5 Å². The summed E-state index contributed by atoms with van der Waals surface area (Å²) < 4.78 is 0. The van der Waals surface area contributed by atoms with Crippen molar-refractivity contribution in [1.29, 1.82) is 0 Å². The van der Waals surface area contributed by atoms with E-state index < -0.39 is 12.1 Å². The first-order chi connectivity index (χ1) is 17.0. The van der Waals surface area contributed by atoms with E-state index in [0.29, 0.717) is 32.5 Å². The van der Waals surface area contributed by atoms with E-state index in [4.69, 9.17) is 5.73 Å². The summed E-state index contributed by atoms with van der Waals surface area (Å²) in [6.07, 6.45) is 4.94. The van der Waals surface area contributed by atoms with E-state index in [-0.39, 0.29) is 36.0 Å². The van der Waals surface area contributed by atoms with E-state index in [1.54, 1.807) is 4.90 Å². The molecule has 0 bridgehead atoms. The van der Waals surface area contributed by atoms with E-state index >= 15 is 0 Å². The molecule has 1 aliphatic heterocycles. The van der Waals surface area contributed by atoms with Gasteiger partial charge in [-0.3, -0.25) is 14.4 Å². The average molecular weight is 517 g/mol. The number of carbonyl (C=O) groups excluding carboxylic acids is 3. The smallest absolute Gasteiger partial charge is 0.243 e. The number of benzene rings is 2. The molecule has 0 saturated carbocycles. The Morgan fingerprint density at radius 3 is 2.47 bits per heavy atom. The Balaban J connectivity index is 0.00000456. The summed E-state index contributed by atoms with van der Waals surface area (Å²) in [5.41, 5.74) is 6.54. The Kier molecular flexibility index (Phi) is 12.2. The van der Waals surface area contributed by atoms with E-state index in [2.05, 4.69) is 16.7 Å². The molecule has 1 saturated heterocycles. The fraction of sp³-hybridized carbons (Fsp3) is 0.536. The number of halogens is 1. The molecule has 4 N–H and O–H groups in total. The molecule has 1 unspecified atom stereocenters. The quantitative estimate of drug-likeness (QED) is 0.375. The van der Waals surface area contributed by atoms with Gasteiger partial charge in [0.2, 0.25) is 17.7 Å². The van der Waals surface area contributed by atoms with E-state index in [1.807, 2.05) is 50.2 Å². The van der Waals surface area contributed by atoms with Gasteiger partial charge in [0.15, 0.2) is 0 Å². The predicted octanol–water partition coefficient (Wildman–Crippen LogP) is 3.57. The number of hydrogen-bond donors (Lipinski definition) is 3. The maximum atomic E-state index is 13.4. The number of unbranched alkanes of at least 4 members (excludes halogenated alkanes) is 1. The molecule has 1 fully saturated rings. The summed E-state index contributed by atoms with van der Waals surface area (Å²) in [4.78, 5) is 41.2. The molecule has 2 atom stereocenters. The van der Waals surface area contributed by atoms with E-state index in [1.165, 1.54) is 0 Å². The van der Waals surface area contributed by atoms with Crippen molar-refractivity contribution in [3.05, 3.63) is 48.0 Å². The fourth-order valence-electron chi connectivity index (χ4n) is 4.86. The van der Waals surface area contributed by atoms with Crippen molar-refractivity contribution in [2.75, 3.05) is 19.6 Å². The minimum atomic E-state index is -0.716. The Morgan fingerprint density at radius 2 is 1.78 bits per heavy atom. The lowest BCUT2D eigenvalue weighted by Crippen LogP contribution is -2.54. The Labute approximate surface area is 221 Å². The Morgan fingerprint density at radius 1 is 1.06 bits per heavy atom. The minimum absolute atomic E-state index is 0. The number of nitrogens with one attached hydrogen (secondary N) is 2. The number of rotatable bonds is 12. The molecule has 0 radical (unpaired) electrons. The maximum Gasteiger partial charge on any atom is 0.243 e. The summed E-state index contributed by atoms with van der Waals surface area (Å²) in [6.45, 7) is 5.70. The third-order valence-corrected chi connectivity index (χ3v) is 6.99. The summed E-state index contributed by atoms with van der Waals surface area (Å²) >= 11 is 0. The summed E-state index contributed by atoms with van der Waals surface area (Å²) in [5.74, 6) is -0.475. The molecule has 1 heterocycles. The molecular formula is C28H41ClN4O3. The van der Waals surface area contributed by atoms with Crippen LogP contribution in [0, 0.1) is 5.92 Å². The highest BCUT2D eigenvalue weighted by Crippen LogP contribution is 2.23. The lowest BCUT2D eigenvalue weighted by atomic mass is 10.00. The third kappa shape index (κ3) is 7.68. The summed E-state index contributed by atoms with van der Waals surface area (Å²) in [6, 6.07) is 12.9. The summed E-state index contributed by atoms with van der Waals surface area (Å²) in [7, 11) is 0. The van der Waals surface area contributed by atoms with Gasteiger partial charge in [0, 0.05) is 25.4 Å². The molecule has 36 heavy (non-hydrogen) atoms. The first-order valence-corrected chi connectivity index (χ1v) is 13.0.